The largest absolute Gasteiger partial charge is 0.456 e. The summed E-state index contributed by atoms with van der Waals surface area (Å²) < 4.78 is 25.6. The second-order valence-electron chi connectivity index (χ2n) is 17.4. The van der Waals surface area contributed by atoms with E-state index in [1.807, 2.05) is 97.1 Å². The van der Waals surface area contributed by atoms with E-state index in [1.165, 1.54) is 0 Å². The zero-order chi connectivity index (χ0) is 46.2. The van der Waals surface area contributed by atoms with Gasteiger partial charge in [-0.2, -0.15) is 0 Å². The van der Waals surface area contributed by atoms with Gasteiger partial charge in [0, 0.05) is 59.8 Å². The molecule has 0 atom stereocenters. The smallest absolute Gasteiger partial charge is 0.164 e. The van der Waals surface area contributed by atoms with Crippen LogP contribution in [-0.4, -0.2) is 54.2 Å². The van der Waals surface area contributed by atoms with Gasteiger partial charge in [-0.1, -0.05) is 95.9 Å². The average molecular weight is 871 g/mol. The van der Waals surface area contributed by atoms with E-state index in [0.29, 0.717) is 45.1 Å². The van der Waals surface area contributed by atoms with Gasteiger partial charge in [0.1, 0.15) is 83.9 Å². The predicted molar refractivity (Wildman–Crippen MR) is 283 cm³/mol. The third kappa shape index (κ3) is 5.98. The molecule has 0 saturated carbocycles. The summed E-state index contributed by atoms with van der Waals surface area (Å²) in [7, 11) is 32.7. The van der Waals surface area contributed by atoms with Crippen LogP contribution >= 0.6 is 0 Å². The summed E-state index contributed by atoms with van der Waals surface area (Å²) in [6, 6.07) is 52.6. The van der Waals surface area contributed by atoms with E-state index in [4.69, 9.17) is 71.9 Å². The second-order valence-corrected chi connectivity index (χ2v) is 17.4. The number of hydrogen-bond donors (Lipinski definition) is 0. The maximum atomic E-state index is 6.73. The van der Waals surface area contributed by atoms with E-state index in [1.54, 1.807) is 0 Å². The van der Waals surface area contributed by atoms with Gasteiger partial charge in [-0.15, -0.1) is 16.4 Å². The van der Waals surface area contributed by atoms with Crippen molar-refractivity contribution in [3.05, 3.63) is 158 Å². The number of nitrogens with zero attached hydrogens (tertiary/aromatic N) is 3. The Bertz CT molecular complexity index is 4250. The third-order valence-electron chi connectivity index (χ3n) is 13.5. The van der Waals surface area contributed by atoms with Crippen molar-refractivity contribution in [3.8, 4) is 56.4 Å². The Labute approximate surface area is 399 Å². The lowest BCUT2D eigenvalue weighted by Gasteiger charge is -2.20. The van der Waals surface area contributed by atoms with Crippen LogP contribution in [0.5, 0.6) is 0 Å². The number of aromatic nitrogens is 3. The van der Waals surface area contributed by atoms with Crippen molar-refractivity contribution in [2.45, 2.75) is 0 Å². The number of fused-ring (bicyclic) bond motifs is 12. The standard InChI is InChI=1S/C57H26B5N3O4/c58-50-49(51(59)53(61)54(62)52(50)60)57-64-55(35-9-5-13-43-47(35)37-23-27(17-21-41(37)66-43)29-15-19-33-31-7-1-3-11-39(31)68-45(33)25-29)63-56(65-57)36-10-6-14-44-48(36)38-24-28(18-22-42(38)67-44)30-16-20-34-32-8-2-4-12-40(32)69-46(34)26-30/h1-26H. The molecule has 5 heterocycles. The Kier molecular flexibility index (Phi) is 8.48. The van der Waals surface area contributed by atoms with E-state index < -0.39 is 0 Å². The molecule has 14 aromatic rings. The molecule has 0 N–H and O–H groups in total. The van der Waals surface area contributed by atoms with Crippen LogP contribution in [0.25, 0.3) is 144 Å². The van der Waals surface area contributed by atoms with Crippen molar-refractivity contribution >= 4 is 154 Å². The highest BCUT2D eigenvalue weighted by Gasteiger charge is 2.23. The van der Waals surface area contributed by atoms with Crippen molar-refractivity contribution in [3.63, 3.8) is 0 Å². The van der Waals surface area contributed by atoms with Crippen LogP contribution in [0.3, 0.4) is 0 Å². The number of rotatable bonds is 5. The van der Waals surface area contributed by atoms with Crippen molar-refractivity contribution < 1.29 is 17.7 Å². The molecule has 7 nitrogen and oxygen atoms in total. The molecular weight excluding hydrogens is 845 g/mol. The molecule has 0 aliphatic heterocycles. The Morgan fingerprint density at radius 2 is 0.638 bits per heavy atom. The highest BCUT2D eigenvalue weighted by atomic mass is 16.3. The lowest BCUT2D eigenvalue weighted by Crippen LogP contribution is -2.55. The quantitative estimate of drug-likeness (QED) is 0.159. The minimum absolute atomic E-state index is 0.0767. The van der Waals surface area contributed by atoms with E-state index in [9.17, 15) is 0 Å². The molecule has 0 bridgehead atoms. The van der Waals surface area contributed by atoms with Gasteiger partial charge in [0.25, 0.3) is 0 Å². The lowest BCUT2D eigenvalue weighted by molar-refractivity contribution is 0.668. The summed E-state index contributed by atoms with van der Waals surface area (Å²) in [5.74, 6) is 0.808. The maximum Gasteiger partial charge on any atom is 0.164 e. The topological polar surface area (TPSA) is 91.2 Å². The Hall–Kier alpha value is -8.49. The molecule has 0 fully saturated rings. The van der Waals surface area contributed by atoms with E-state index in [-0.39, 0.29) is 38.7 Å². The molecule has 0 aliphatic rings. The summed E-state index contributed by atoms with van der Waals surface area (Å²) in [5.41, 5.74) is 11.9. The van der Waals surface area contributed by atoms with Gasteiger partial charge in [-0.05, 0) is 95.1 Å². The summed E-state index contributed by atoms with van der Waals surface area (Å²) in [6.45, 7) is 0. The molecular formula is C57H26B5N3O4. The molecule has 12 heteroatoms. The summed E-state index contributed by atoms with van der Waals surface area (Å²) in [4.78, 5) is 15.5. The van der Waals surface area contributed by atoms with Crippen LogP contribution in [0.4, 0.5) is 0 Å². The lowest BCUT2D eigenvalue weighted by atomic mass is 9.60. The van der Waals surface area contributed by atoms with Crippen LogP contribution in [-0.2, 0) is 0 Å². The van der Waals surface area contributed by atoms with Crippen LogP contribution in [0.2, 0.25) is 0 Å². The minimum atomic E-state index is 0.0767. The minimum Gasteiger partial charge on any atom is -0.456 e. The van der Waals surface area contributed by atoms with Crippen molar-refractivity contribution in [2.75, 3.05) is 0 Å². The monoisotopic (exact) mass is 871 g/mol. The van der Waals surface area contributed by atoms with Gasteiger partial charge in [-0.25, -0.2) is 15.0 Å². The Balaban J connectivity index is 0.978. The molecule has 0 unspecified atom stereocenters. The fraction of sp³-hybridized carbons (Fsp3) is 0. The number of furan rings is 4. The predicted octanol–water partition coefficient (Wildman–Crippen LogP) is 9.77. The van der Waals surface area contributed by atoms with Gasteiger partial charge in [-0.3, -0.25) is 0 Å². The van der Waals surface area contributed by atoms with Crippen molar-refractivity contribution in [1.29, 1.82) is 0 Å². The van der Waals surface area contributed by atoms with Crippen LogP contribution < -0.4 is 27.3 Å². The molecule has 0 aliphatic carbocycles. The normalized spacial score (nSPS) is 12.1. The Morgan fingerprint density at radius 1 is 0.275 bits per heavy atom. The summed E-state index contributed by atoms with van der Waals surface area (Å²) >= 11 is 0. The number of hydrogen-bond acceptors (Lipinski definition) is 7. The Morgan fingerprint density at radius 3 is 1.13 bits per heavy atom. The maximum absolute atomic E-state index is 6.73. The highest BCUT2D eigenvalue weighted by molar-refractivity contribution is 6.68. The SMILES string of the molecule is [B]c1c([B])c([B])c(-c2nc(-c3cccc4oc5ccc(-c6ccc7c(c6)oc6ccccc67)cc5c34)nc(-c3cccc4oc5ccc(-c6ccc7c(c6)oc6ccccc67)cc5c34)n2)c([B])c1[B]. The highest BCUT2D eigenvalue weighted by Crippen LogP contribution is 2.42. The fourth-order valence-electron chi connectivity index (χ4n) is 10.0. The molecule has 10 radical (unpaired) electrons. The molecule has 69 heavy (non-hydrogen) atoms. The first kappa shape index (κ1) is 39.7. The molecule has 0 saturated heterocycles. The van der Waals surface area contributed by atoms with Gasteiger partial charge in [0.15, 0.2) is 17.5 Å². The molecule has 5 aromatic heterocycles. The van der Waals surface area contributed by atoms with Crippen LogP contribution in [0.15, 0.2) is 175 Å². The van der Waals surface area contributed by atoms with Crippen LogP contribution in [0.1, 0.15) is 0 Å². The third-order valence-corrected chi connectivity index (χ3v) is 13.5. The molecule has 14 rings (SSSR count). The molecule has 0 amide bonds. The van der Waals surface area contributed by atoms with Gasteiger partial charge < -0.3 is 17.7 Å². The summed E-state index contributed by atoms with van der Waals surface area (Å²) in [6.07, 6.45) is 0. The van der Waals surface area contributed by atoms with Crippen molar-refractivity contribution in [1.82, 2.24) is 15.0 Å². The van der Waals surface area contributed by atoms with Gasteiger partial charge >= 0.3 is 0 Å². The number of benzene rings is 9. The number of para-hydroxylation sites is 2. The van der Waals surface area contributed by atoms with Gasteiger partial charge in [0.05, 0.1) is 0 Å². The van der Waals surface area contributed by atoms with Gasteiger partial charge in [0.2, 0.25) is 0 Å². The average Bonchev–Trinajstić information content (AvgIpc) is 4.16. The zero-order valence-electron chi connectivity index (χ0n) is 36.4. The van der Waals surface area contributed by atoms with E-state index in [0.717, 1.165) is 87.7 Å². The molecule has 0 spiro atoms. The fourth-order valence-corrected chi connectivity index (χ4v) is 10.0. The zero-order valence-corrected chi connectivity index (χ0v) is 36.4. The second kappa shape index (κ2) is 14.8. The first-order valence-corrected chi connectivity index (χ1v) is 22.3. The molecule has 308 valence electrons. The first-order chi connectivity index (χ1) is 33.7. The van der Waals surface area contributed by atoms with Crippen LogP contribution in [0, 0.1) is 0 Å². The first-order valence-electron chi connectivity index (χ1n) is 22.3. The van der Waals surface area contributed by atoms with E-state index >= 15 is 0 Å². The molecule has 9 aromatic carbocycles. The summed E-state index contributed by atoms with van der Waals surface area (Å²) in [5, 5.41) is 7.59. The van der Waals surface area contributed by atoms with Crippen molar-refractivity contribution in [2.24, 2.45) is 0 Å². The van der Waals surface area contributed by atoms with E-state index in [2.05, 4.69) is 60.7 Å².